The number of halogens is 1. The lowest BCUT2D eigenvalue weighted by Gasteiger charge is -2.23. The molecule has 0 amide bonds. The predicted octanol–water partition coefficient (Wildman–Crippen LogP) is 1.63. The van der Waals surface area contributed by atoms with Crippen molar-refractivity contribution in [2.75, 3.05) is 19.6 Å². The Morgan fingerprint density at radius 1 is 1.37 bits per heavy atom. The molecule has 2 heterocycles. The van der Waals surface area contributed by atoms with Crippen LogP contribution < -0.4 is 5.32 Å². The van der Waals surface area contributed by atoms with Crippen LogP contribution in [0.3, 0.4) is 0 Å². The molecule has 104 valence electrons. The number of benzene rings is 1. The summed E-state index contributed by atoms with van der Waals surface area (Å²) in [6.45, 7) is 4.16. The van der Waals surface area contributed by atoms with Crippen LogP contribution in [-0.2, 0) is 10.0 Å². The molecule has 4 nitrogen and oxygen atoms in total. The summed E-state index contributed by atoms with van der Waals surface area (Å²) in [6.07, 6.45) is 0.931. The SMILES string of the molecule is Cc1ccc(S(=O)(=O)N2CC[C@H]3CNC[C@H]32)c(Cl)c1. The second kappa shape index (κ2) is 4.74. The Morgan fingerprint density at radius 3 is 2.89 bits per heavy atom. The maximum Gasteiger partial charge on any atom is 0.244 e. The number of nitrogens with one attached hydrogen (secondary N) is 1. The first-order chi connectivity index (χ1) is 9.00. The topological polar surface area (TPSA) is 49.4 Å². The van der Waals surface area contributed by atoms with Crippen LogP contribution in [0.25, 0.3) is 0 Å². The van der Waals surface area contributed by atoms with Crippen molar-refractivity contribution in [1.29, 1.82) is 0 Å². The number of sulfonamides is 1. The highest BCUT2D eigenvalue weighted by molar-refractivity contribution is 7.89. The summed E-state index contributed by atoms with van der Waals surface area (Å²) in [5, 5.41) is 3.58. The minimum Gasteiger partial charge on any atom is -0.315 e. The molecule has 0 aliphatic carbocycles. The molecule has 2 aliphatic heterocycles. The Labute approximate surface area is 118 Å². The molecule has 0 aromatic heterocycles. The smallest absolute Gasteiger partial charge is 0.244 e. The zero-order chi connectivity index (χ0) is 13.6. The van der Waals surface area contributed by atoms with Crippen molar-refractivity contribution >= 4 is 21.6 Å². The monoisotopic (exact) mass is 300 g/mol. The minimum absolute atomic E-state index is 0.0855. The second-order valence-electron chi connectivity index (χ2n) is 5.32. The van der Waals surface area contributed by atoms with Gasteiger partial charge in [-0.25, -0.2) is 8.42 Å². The van der Waals surface area contributed by atoms with Gasteiger partial charge in [0, 0.05) is 19.1 Å². The maximum atomic E-state index is 12.7. The van der Waals surface area contributed by atoms with E-state index >= 15 is 0 Å². The van der Waals surface area contributed by atoms with Crippen LogP contribution in [0, 0.1) is 12.8 Å². The number of aryl methyl sites for hydroxylation is 1. The predicted molar refractivity (Wildman–Crippen MR) is 74.8 cm³/mol. The van der Waals surface area contributed by atoms with Crippen LogP contribution in [-0.4, -0.2) is 38.4 Å². The van der Waals surface area contributed by atoms with E-state index in [1.54, 1.807) is 22.5 Å². The minimum atomic E-state index is -3.48. The van der Waals surface area contributed by atoms with Gasteiger partial charge < -0.3 is 5.32 Å². The molecule has 0 radical (unpaired) electrons. The molecular weight excluding hydrogens is 284 g/mol. The van der Waals surface area contributed by atoms with E-state index in [0.717, 1.165) is 25.1 Å². The average Bonchev–Trinajstić information content (AvgIpc) is 2.88. The van der Waals surface area contributed by atoms with Gasteiger partial charge >= 0.3 is 0 Å². The van der Waals surface area contributed by atoms with Crippen molar-refractivity contribution < 1.29 is 8.42 Å². The van der Waals surface area contributed by atoms with Crippen molar-refractivity contribution in [3.8, 4) is 0 Å². The lowest BCUT2D eigenvalue weighted by atomic mass is 10.1. The summed E-state index contributed by atoms with van der Waals surface area (Å²) < 4.78 is 27.1. The van der Waals surface area contributed by atoms with Crippen molar-refractivity contribution in [1.82, 2.24) is 9.62 Å². The highest BCUT2D eigenvalue weighted by atomic mass is 35.5. The van der Waals surface area contributed by atoms with E-state index in [1.807, 2.05) is 6.92 Å². The van der Waals surface area contributed by atoms with E-state index in [1.165, 1.54) is 0 Å². The fraction of sp³-hybridized carbons (Fsp3) is 0.538. The molecule has 0 bridgehead atoms. The Kier molecular flexibility index (Phi) is 3.33. The summed E-state index contributed by atoms with van der Waals surface area (Å²) >= 11 is 6.11. The first-order valence-electron chi connectivity index (χ1n) is 6.49. The molecule has 1 aromatic carbocycles. The zero-order valence-corrected chi connectivity index (χ0v) is 12.3. The highest BCUT2D eigenvalue weighted by Gasteiger charge is 2.44. The van der Waals surface area contributed by atoms with Gasteiger partial charge in [0.2, 0.25) is 10.0 Å². The number of rotatable bonds is 2. The Hall–Kier alpha value is -0.620. The molecule has 0 unspecified atom stereocenters. The number of hydrogen-bond donors (Lipinski definition) is 1. The first kappa shape index (κ1) is 13.4. The maximum absolute atomic E-state index is 12.7. The number of hydrogen-bond acceptors (Lipinski definition) is 3. The normalized spacial score (nSPS) is 27.7. The molecule has 2 saturated heterocycles. The number of nitrogens with zero attached hydrogens (tertiary/aromatic N) is 1. The molecule has 6 heteroatoms. The van der Waals surface area contributed by atoms with Gasteiger partial charge in [0.15, 0.2) is 0 Å². The fourth-order valence-corrected chi connectivity index (χ4v) is 5.32. The standard InChI is InChI=1S/C13H17ClN2O2S/c1-9-2-3-13(11(14)6-9)19(17,18)16-5-4-10-7-15-8-12(10)16/h2-3,6,10,12,15H,4-5,7-8H2,1H3/t10-,12+/m0/s1. The van der Waals surface area contributed by atoms with Crippen LogP contribution in [0.2, 0.25) is 5.02 Å². The lowest BCUT2D eigenvalue weighted by molar-refractivity contribution is 0.383. The van der Waals surface area contributed by atoms with E-state index in [0.29, 0.717) is 17.5 Å². The van der Waals surface area contributed by atoms with Gasteiger partial charge in [-0.05, 0) is 43.5 Å². The summed E-state index contributed by atoms with van der Waals surface area (Å²) in [4.78, 5) is 0.229. The third-order valence-electron chi connectivity index (χ3n) is 4.07. The molecule has 1 N–H and O–H groups in total. The van der Waals surface area contributed by atoms with Crippen molar-refractivity contribution in [2.24, 2.45) is 5.92 Å². The largest absolute Gasteiger partial charge is 0.315 e. The van der Waals surface area contributed by atoms with Gasteiger partial charge in [-0.1, -0.05) is 17.7 Å². The fourth-order valence-electron chi connectivity index (χ4n) is 3.05. The molecule has 3 rings (SSSR count). The molecule has 0 spiro atoms. The van der Waals surface area contributed by atoms with Gasteiger partial charge in [0.1, 0.15) is 4.90 Å². The highest BCUT2D eigenvalue weighted by Crippen LogP contribution is 2.34. The molecular formula is C13H17ClN2O2S. The van der Waals surface area contributed by atoms with E-state index in [9.17, 15) is 8.42 Å². The van der Waals surface area contributed by atoms with E-state index in [4.69, 9.17) is 11.6 Å². The van der Waals surface area contributed by atoms with E-state index in [-0.39, 0.29) is 10.9 Å². The van der Waals surface area contributed by atoms with Crippen LogP contribution in [0.4, 0.5) is 0 Å². The molecule has 2 atom stereocenters. The van der Waals surface area contributed by atoms with Gasteiger partial charge in [0.05, 0.1) is 5.02 Å². The summed E-state index contributed by atoms with van der Waals surface area (Å²) in [7, 11) is -3.48. The van der Waals surface area contributed by atoms with Gasteiger partial charge in [0.25, 0.3) is 0 Å². The summed E-state index contributed by atoms with van der Waals surface area (Å²) in [6, 6.07) is 5.19. The summed E-state index contributed by atoms with van der Waals surface area (Å²) in [5.74, 6) is 0.444. The van der Waals surface area contributed by atoms with Crippen LogP contribution in [0.5, 0.6) is 0 Å². The van der Waals surface area contributed by atoms with Crippen LogP contribution in [0.1, 0.15) is 12.0 Å². The van der Waals surface area contributed by atoms with E-state index < -0.39 is 10.0 Å². The molecule has 19 heavy (non-hydrogen) atoms. The number of fused-ring (bicyclic) bond motifs is 1. The Morgan fingerprint density at radius 2 is 2.16 bits per heavy atom. The third-order valence-corrected chi connectivity index (χ3v) is 6.48. The second-order valence-corrected chi connectivity index (χ2v) is 7.59. The van der Waals surface area contributed by atoms with Crippen LogP contribution >= 0.6 is 11.6 Å². The summed E-state index contributed by atoms with van der Waals surface area (Å²) in [5.41, 5.74) is 0.964. The van der Waals surface area contributed by atoms with Gasteiger partial charge in [-0.2, -0.15) is 4.31 Å². The molecule has 2 aliphatic rings. The molecule has 2 fully saturated rings. The zero-order valence-electron chi connectivity index (χ0n) is 10.8. The third kappa shape index (κ3) is 2.18. The Balaban J connectivity index is 1.98. The Bertz CT molecular complexity index is 603. The van der Waals surface area contributed by atoms with Crippen molar-refractivity contribution in [2.45, 2.75) is 24.3 Å². The molecule has 0 saturated carbocycles. The average molecular weight is 301 g/mol. The molecule has 1 aromatic rings. The lowest BCUT2D eigenvalue weighted by Crippen LogP contribution is -2.39. The first-order valence-corrected chi connectivity index (χ1v) is 8.30. The van der Waals surface area contributed by atoms with Gasteiger partial charge in [-0.3, -0.25) is 0 Å². The van der Waals surface area contributed by atoms with E-state index in [2.05, 4.69) is 5.32 Å². The van der Waals surface area contributed by atoms with Crippen LogP contribution in [0.15, 0.2) is 23.1 Å². The quantitative estimate of drug-likeness (QED) is 0.903. The van der Waals surface area contributed by atoms with Crippen molar-refractivity contribution in [3.63, 3.8) is 0 Å². The van der Waals surface area contributed by atoms with Gasteiger partial charge in [-0.15, -0.1) is 0 Å². The van der Waals surface area contributed by atoms with Crippen molar-refractivity contribution in [3.05, 3.63) is 28.8 Å².